The Morgan fingerprint density at radius 1 is 1.28 bits per heavy atom. The first-order chi connectivity index (χ1) is 8.76. The van der Waals surface area contributed by atoms with Gasteiger partial charge in [-0.25, -0.2) is 0 Å². The van der Waals surface area contributed by atoms with Gasteiger partial charge in [-0.1, -0.05) is 12.1 Å². The normalized spacial score (nSPS) is 31.6. The molecule has 3 nitrogen and oxygen atoms in total. The Hall–Kier alpha value is -1.06. The van der Waals surface area contributed by atoms with Crippen molar-refractivity contribution in [2.75, 3.05) is 7.11 Å². The fourth-order valence-electron chi connectivity index (χ4n) is 3.49. The number of benzene rings is 1. The molecule has 0 saturated carbocycles. The summed E-state index contributed by atoms with van der Waals surface area (Å²) in [5.74, 6) is 0.928. The van der Waals surface area contributed by atoms with E-state index in [0.717, 1.165) is 25.1 Å². The van der Waals surface area contributed by atoms with Gasteiger partial charge in [-0.15, -0.1) is 0 Å². The standard InChI is InChI=1S/C15H21NO2/c1-18-15-4-2-3-11(7-15)10-16-12-5-6-13(16)9-14(17)8-12/h2-4,7,12-14,17H,5-6,8-10H2,1H3. The Morgan fingerprint density at radius 3 is 2.67 bits per heavy atom. The molecule has 2 bridgehead atoms. The van der Waals surface area contributed by atoms with E-state index in [1.165, 1.54) is 18.4 Å². The van der Waals surface area contributed by atoms with Crippen molar-refractivity contribution in [2.24, 2.45) is 0 Å². The van der Waals surface area contributed by atoms with Gasteiger partial charge >= 0.3 is 0 Å². The van der Waals surface area contributed by atoms with Crippen molar-refractivity contribution in [3.8, 4) is 5.75 Å². The van der Waals surface area contributed by atoms with Gasteiger partial charge in [0, 0.05) is 18.6 Å². The molecule has 1 N–H and O–H groups in total. The summed E-state index contributed by atoms with van der Waals surface area (Å²) in [6.45, 7) is 0.985. The molecule has 2 heterocycles. The molecular weight excluding hydrogens is 226 g/mol. The van der Waals surface area contributed by atoms with E-state index in [4.69, 9.17) is 4.74 Å². The zero-order valence-corrected chi connectivity index (χ0v) is 10.9. The summed E-state index contributed by atoms with van der Waals surface area (Å²) < 4.78 is 5.27. The Kier molecular flexibility index (Phi) is 3.27. The largest absolute Gasteiger partial charge is 0.497 e. The molecule has 98 valence electrons. The number of fused-ring (bicyclic) bond motifs is 2. The van der Waals surface area contributed by atoms with Crippen molar-refractivity contribution in [2.45, 2.75) is 50.4 Å². The summed E-state index contributed by atoms with van der Waals surface area (Å²) in [7, 11) is 1.71. The number of aliphatic hydroxyl groups is 1. The van der Waals surface area contributed by atoms with Crippen LogP contribution in [-0.4, -0.2) is 35.3 Å². The zero-order chi connectivity index (χ0) is 12.5. The highest BCUT2D eigenvalue weighted by Crippen LogP contribution is 2.36. The van der Waals surface area contributed by atoms with E-state index in [0.29, 0.717) is 12.1 Å². The monoisotopic (exact) mass is 247 g/mol. The fraction of sp³-hybridized carbons (Fsp3) is 0.600. The van der Waals surface area contributed by atoms with Crippen LogP contribution in [0.2, 0.25) is 0 Å². The van der Waals surface area contributed by atoms with Gasteiger partial charge < -0.3 is 9.84 Å². The minimum atomic E-state index is -0.0796. The van der Waals surface area contributed by atoms with Crippen LogP contribution in [0.5, 0.6) is 5.75 Å². The van der Waals surface area contributed by atoms with Crippen LogP contribution in [0.3, 0.4) is 0 Å². The predicted octanol–water partition coefficient (Wildman–Crippen LogP) is 2.18. The molecular formula is C15H21NO2. The number of methoxy groups -OCH3 is 1. The van der Waals surface area contributed by atoms with Crippen molar-refractivity contribution in [1.82, 2.24) is 4.90 Å². The molecule has 2 fully saturated rings. The van der Waals surface area contributed by atoms with E-state index >= 15 is 0 Å². The maximum absolute atomic E-state index is 9.81. The van der Waals surface area contributed by atoms with E-state index in [2.05, 4.69) is 23.1 Å². The Balaban J connectivity index is 1.73. The van der Waals surface area contributed by atoms with Crippen molar-refractivity contribution in [3.05, 3.63) is 29.8 Å². The summed E-state index contributed by atoms with van der Waals surface area (Å²) in [4.78, 5) is 2.57. The molecule has 18 heavy (non-hydrogen) atoms. The number of piperidine rings is 1. The minimum Gasteiger partial charge on any atom is -0.497 e. The van der Waals surface area contributed by atoms with Gasteiger partial charge in [0.2, 0.25) is 0 Å². The number of hydrogen-bond donors (Lipinski definition) is 1. The van der Waals surface area contributed by atoms with Crippen LogP contribution in [0.1, 0.15) is 31.2 Å². The molecule has 2 aliphatic heterocycles. The second-order valence-corrected chi connectivity index (χ2v) is 5.53. The zero-order valence-electron chi connectivity index (χ0n) is 10.9. The maximum Gasteiger partial charge on any atom is 0.119 e. The molecule has 0 aromatic heterocycles. The van der Waals surface area contributed by atoms with Gasteiger partial charge in [0.25, 0.3) is 0 Å². The van der Waals surface area contributed by atoms with Gasteiger partial charge in [0.05, 0.1) is 13.2 Å². The Labute approximate surface area is 108 Å². The van der Waals surface area contributed by atoms with E-state index < -0.39 is 0 Å². The van der Waals surface area contributed by atoms with Gasteiger partial charge in [-0.3, -0.25) is 4.90 Å². The van der Waals surface area contributed by atoms with Crippen LogP contribution in [0.4, 0.5) is 0 Å². The molecule has 2 aliphatic rings. The summed E-state index contributed by atoms with van der Waals surface area (Å²) in [6.07, 6.45) is 4.29. The Morgan fingerprint density at radius 2 is 2.00 bits per heavy atom. The lowest BCUT2D eigenvalue weighted by atomic mass is 9.99. The minimum absolute atomic E-state index is 0.0796. The first-order valence-electron chi connectivity index (χ1n) is 6.83. The maximum atomic E-state index is 9.81. The van der Waals surface area contributed by atoms with Gasteiger partial charge in [0.15, 0.2) is 0 Å². The van der Waals surface area contributed by atoms with Crippen LogP contribution in [0.25, 0.3) is 0 Å². The first kappa shape index (κ1) is 12.0. The van der Waals surface area contributed by atoms with Crippen molar-refractivity contribution < 1.29 is 9.84 Å². The number of hydrogen-bond acceptors (Lipinski definition) is 3. The molecule has 2 saturated heterocycles. The van der Waals surface area contributed by atoms with Crippen LogP contribution >= 0.6 is 0 Å². The second-order valence-electron chi connectivity index (χ2n) is 5.53. The first-order valence-corrected chi connectivity index (χ1v) is 6.83. The predicted molar refractivity (Wildman–Crippen MR) is 70.6 cm³/mol. The average Bonchev–Trinajstić information content (AvgIpc) is 2.62. The van der Waals surface area contributed by atoms with Crippen molar-refractivity contribution in [1.29, 1.82) is 0 Å². The summed E-state index contributed by atoms with van der Waals surface area (Å²) in [5, 5.41) is 9.81. The molecule has 2 atom stereocenters. The number of rotatable bonds is 3. The Bertz CT molecular complexity index is 407. The summed E-state index contributed by atoms with van der Waals surface area (Å²) >= 11 is 0. The SMILES string of the molecule is COc1cccc(CN2C3CCC2CC(O)C3)c1. The lowest BCUT2D eigenvalue weighted by molar-refractivity contribution is 0.0310. The van der Waals surface area contributed by atoms with Crippen LogP contribution in [-0.2, 0) is 6.54 Å². The van der Waals surface area contributed by atoms with Crippen LogP contribution in [0, 0.1) is 0 Å². The highest BCUT2D eigenvalue weighted by molar-refractivity contribution is 5.28. The topological polar surface area (TPSA) is 32.7 Å². The van der Waals surface area contributed by atoms with Gasteiger partial charge in [0.1, 0.15) is 5.75 Å². The number of nitrogens with zero attached hydrogens (tertiary/aromatic N) is 1. The quantitative estimate of drug-likeness (QED) is 0.888. The van der Waals surface area contributed by atoms with E-state index in [1.54, 1.807) is 7.11 Å². The lowest BCUT2D eigenvalue weighted by Gasteiger charge is -2.37. The molecule has 0 spiro atoms. The van der Waals surface area contributed by atoms with Crippen molar-refractivity contribution in [3.63, 3.8) is 0 Å². The molecule has 1 aromatic carbocycles. The fourth-order valence-corrected chi connectivity index (χ4v) is 3.49. The third-order valence-electron chi connectivity index (χ3n) is 4.36. The summed E-state index contributed by atoms with van der Waals surface area (Å²) in [6, 6.07) is 9.46. The number of aliphatic hydroxyl groups excluding tert-OH is 1. The summed E-state index contributed by atoms with van der Waals surface area (Å²) in [5.41, 5.74) is 1.31. The third kappa shape index (κ3) is 2.25. The van der Waals surface area contributed by atoms with E-state index in [-0.39, 0.29) is 6.10 Å². The van der Waals surface area contributed by atoms with Crippen molar-refractivity contribution >= 4 is 0 Å². The highest BCUT2D eigenvalue weighted by atomic mass is 16.5. The molecule has 0 amide bonds. The number of ether oxygens (including phenoxy) is 1. The van der Waals surface area contributed by atoms with E-state index in [9.17, 15) is 5.11 Å². The van der Waals surface area contributed by atoms with E-state index in [1.807, 2.05) is 6.07 Å². The molecule has 3 rings (SSSR count). The molecule has 0 radical (unpaired) electrons. The van der Waals surface area contributed by atoms with Crippen LogP contribution in [0.15, 0.2) is 24.3 Å². The second kappa shape index (κ2) is 4.90. The van der Waals surface area contributed by atoms with Gasteiger partial charge in [-0.05, 0) is 43.4 Å². The average molecular weight is 247 g/mol. The molecule has 3 heteroatoms. The molecule has 0 aliphatic carbocycles. The lowest BCUT2D eigenvalue weighted by Crippen LogP contribution is -2.44. The molecule has 1 aromatic rings. The third-order valence-corrected chi connectivity index (χ3v) is 4.36. The van der Waals surface area contributed by atoms with Crippen LogP contribution < -0.4 is 4.74 Å². The highest BCUT2D eigenvalue weighted by Gasteiger charge is 2.39. The smallest absolute Gasteiger partial charge is 0.119 e. The molecule has 2 unspecified atom stereocenters. The van der Waals surface area contributed by atoms with Gasteiger partial charge in [-0.2, -0.15) is 0 Å².